The van der Waals surface area contributed by atoms with Gasteiger partial charge in [0.2, 0.25) is 0 Å². The Bertz CT molecular complexity index is 643. The number of aliphatic imine (C=N–C) groups is 1. The van der Waals surface area contributed by atoms with E-state index in [1.54, 1.807) is 26.2 Å². The fourth-order valence-electron chi connectivity index (χ4n) is 2.99. The van der Waals surface area contributed by atoms with Gasteiger partial charge in [-0.25, -0.2) is 4.79 Å². The van der Waals surface area contributed by atoms with Gasteiger partial charge in [0.15, 0.2) is 17.5 Å². The third kappa shape index (κ3) is 5.94. The number of carbonyl (C=O) groups is 1. The molecule has 2 rings (SSSR count). The lowest BCUT2D eigenvalue weighted by atomic mass is 10.1. The first-order chi connectivity index (χ1) is 13.1. The predicted molar refractivity (Wildman–Crippen MR) is 104 cm³/mol. The van der Waals surface area contributed by atoms with Gasteiger partial charge >= 0.3 is 6.09 Å². The minimum atomic E-state index is -0.230. The highest BCUT2D eigenvalue weighted by Gasteiger charge is 2.24. The molecule has 1 fully saturated rings. The highest BCUT2D eigenvalue weighted by atomic mass is 16.6. The van der Waals surface area contributed by atoms with Gasteiger partial charge in [-0.3, -0.25) is 4.99 Å². The first-order valence-corrected chi connectivity index (χ1v) is 9.21. The number of guanidine groups is 1. The number of hydrogen-bond donors (Lipinski definition) is 2. The quantitative estimate of drug-likeness (QED) is 0.582. The molecule has 0 aromatic heterocycles. The molecule has 2 N–H and O–H groups in total. The zero-order chi connectivity index (χ0) is 19.6. The van der Waals surface area contributed by atoms with E-state index in [0.717, 1.165) is 24.4 Å². The van der Waals surface area contributed by atoms with Crippen LogP contribution in [-0.4, -0.2) is 64.0 Å². The van der Waals surface area contributed by atoms with Crippen LogP contribution in [-0.2, 0) is 11.3 Å². The monoisotopic (exact) mass is 378 g/mol. The summed E-state index contributed by atoms with van der Waals surface area (Å²) in [7, 11) is 4.99. The van der Waals surface area contributed by atoms with Gasteiger partial charge in [0.05, 0.1) is 20.8 Å². The number of methoxy groups -OCH3 is 2. The largest absolute Gasteiger partial charge is 0.493 e. The average molecular weight is 378 g/mol. The fraction of sp³-hybridized carbons (Fsp3) is 0.579. The smallest absolute Gasteiger partial charge is 0.409 e. The minimum Gasteiger partial charge on any atom is -0.493 e. The van der Waals surface area contributed by atoms with E-state index < -0.39 is 0 Å². The van der Waals surface area contributed by atoms with Crippen molar-refractivity contribution in [2.45, 2.75) is 32.4 Å². The summed E-state index contributed by atoms with van der Waals surface area (Å²) in [6.07, 6.45) is 1.48. The first kappa shape index (κ1) is 20.7. The van der Waals surface area contributed by atoms with E-state index in [1.165, 1.54) is 0 Å². The van der Waals surface area contributed by atoms with Crippen molar-refractivity contribution in [2.24, 2.45) is 4.99 Å². The highest BCUT2D eigenvalue weighted by Crippen LogP contribution is 2.27. The van der Waals surface area contributed by atoms with E-state index in [4.69, 9.17) is 14.2 Å². The molecular weight excluding hydrogens is 348 g/mol. The van der Waals surface area contributed by atoms with Gasteiger partial charge in [-0.1, -0.05) is 6.07 Å². The van der Waals surface area contributed by atoms with Crippen LogP contribution in [0.2, 0.25) is 0 Å². The molecule has 0 unspecified atom stereocenters. The van der Waals surface area contributed by atoms with Crippen molar-refractivity contribution < 1.29 is 19.0 Å². The Hall–Kier alpha value is -2.64. The maximum Gasteiger partial charge on any atom is 0.409 e. The molecule has 0 radical (unpaired) electrons. The second-order valence-corrected chi connectivity index (χ2v) is 6.22. The van der Waals surface area contributed by atoms with Crippen molar-refractivity contribution in [3.63, 3.8) is 0 Å². The number of carbonyl (C=O) groups excluding carboxylic acids is 1. The molecule has 1 aliphatic rings. The molecule has 1 saturated heterocycles. The summed E-state index contributed by atoms with van der Waals surface area (Å²) in [6, 6.07) is 6.08. The SMILES string of the molecule is CCOC(=O)N1CCC(NC(=NC)NCc2ccc(OC)c(OC)c2)CC1. The molecule has 150 valence electrons. The molecule has 1 heterocycles. The maximum atomic E-state index is 11.8. The van der Waals surface area contributed by atoms with E-state index in [-0.39, 0.29) is 12.1 Å². The normalized spacial score (nSPS) is 15.3. The van der Waals surface area contributed by atoms with Gasteiger partial charge in [0, 0.05) is 32.7 Å². The number of likely N-dealkylation sites (tertiary alicyclic amines) is 1. The van der Waals surface area contributed by atoms with Crippen molar-refractivity contribution in [3.05, 3.63) is 23.8 Å². The van der Waals surface area contributed by atoms with E-state index in [1.807, 2.05) is 25.1 Å². The molecule has 27 heavy (non-hydrogen) atoms. The molecule has 0 bridgehead atoms. The molecule has 1 amide bonds. The first-order valence-electron chi connectivity index (χ1n) is 9.21. The average Bonchev–Trinajstić information content (AvgIpc) is 2.71. The number of amides is 1. The van der Waals surface area contributed by atoms with Gasteiger partial charge in [0.1, 0.15) is 0 Å². The maximum absolute atomic E-state index is 11.8. The van der Waals surface area contributed by atoms with Crippen molar-refractivity contribution in [3.8, 4) is 11.5 Å². The molecule has 8 nitrogen and oxygen atoms in total. The van der Waals surface area contributed by atoms with E-state index in [2.05, 4.69) is 15.6 Å². The van der Waals surface area contributed by atoms with Crippen LogP contribution >= 0.6 is 0 Å². The molecular formula is C19H30N4O4. The van der Waals surface area contributed by atoms with Crippen LogP contribution < -0.4 is 20.1 Å². The molecule has 1 aliphatic heterocycles. The van der Waals surface area contributed by atoms with Crippen molar-refractivity contribution in [1.82, 2.24) is 15.5 Å². The van der Waals surface area contributed by atoms with Crippen LogP contribution in [0.25, 0.3) is 0 Å². The van der Waals surface area contributed by atoms with Gasteiger partial charge < -0.3 is 29.7 Å². The Kier molecular flexibility index (Phi) is 8.03. The number of ether oxygens (including phenoxy) is 3. The Morgan fingerprint density at radius 2 is 1.93 bits per heavy atom. The lowest BCUT2D eigenvalue weighted by Gasteiger charge is -2.32. The Morgan fingerprint density at radius 1 is 1.22 bits per heavy atom. The van der Waals surface area contributed by atoms with Crippen molar-refractivity contribution in [1.29, 1.82) is 0 Å². The van der Waals surface area contributed by atoms with Crippen LogP contribution in [0.4, 0.5) is 4.79 Å². The summed E-state index contributed by atoms with van der Waals surface area (Å²) in [5.74, 6) is 2.14. The predicted octanol–water partition coefficient (Wildman–Crippen LogP) is 1.99. The number of hydrogen-bond acceptors (Lipinski definition) is 5. The molecule has 8 heteroatoms. The minimum absolute atomic E-state index is 0.230. The summed E-state index contributed by atoms with van der Waals surface area (Å²) in [5.41, 5.74) is 1.06. The van der Waals surface area contributed by atoms with Crippen molar-refractivity contribution in [2.75, 3.05) is 41.0 Å². The third-order valence-corrected chi connectivity index (χ3v) is 4.49. The number of benzene rings is 1. The summed E-state index contributed by atoms with van der Waals surface area (Å²) >= 11 is 0. The van der Waals surface area contributed by atoms with E-state index in [9.17, 15) is 4.79 Å². The summed E-state index contributed by atoms with van der Waals surface area (Å²) in [5, 5.41) is 6.74. The molecule has 0 saturated carbocycles. The van der Waals surface area contributed by atoms with Crippen LogP contribution in [0.3, 0.4) is 0 Å². The Labute approximate surface area is 160 Å². The topological polar surface area (TPSA) is 84.4 Å². The standard InChI is InChI=1S/C19H30N4O4/c1-5-27-19(24)23-10-8-15(9-11-23)22-18(20-2)21-13-14-6-7-16(25-3)17(12-14)26-4/h6-7,12,15H,5,8-11,13H2,1-4H3,(H2,20,21,22). The van der Waals surface area contributed by atoms with Gasteiger partial charge in [-0.15, -0.1) is 0 Å². The molecule has 0 aliphatic carbocycles. The number of piperidine rings is 1. The lowest BCUT2D eigenvalue weighted by molar-refractivity contribution is 0.0963. The Morgan fingerprint density at radius 3 is 2.52 bits per heavy atom. The fourth-order valence-corrected chi connectivity index (χ4v) is 2.99. The lowest BCUT2D eigenvalue weighted by Crippen LogP contribution is -2.49. The molecule has 1 aromatic carbocycles. The van der Waals surface area contributed by atoms with E-state index in [0.29, 0.717) is 37.7 Å². The molecule has 0 atom stereocenters. The summed E-state index contributed by atoms with van der Waals surface area (Å²) in [4.78, 5) is 17.8. The number of nitrogens with zero attached hydrogens (tertiary/aromatic N) is 2. The van der Waals surface area contributed by atoms with Gasteiger partial charge in [0.25, 0.3) is 0 Å². The van der Waals surface area contributed by atoms with Crippen LogP contribution in [0.1, 0.15) is 25.3 Å². The highest BCUT2D eigenvalue weighted by molar-refractivity contribution is 5.80. The molecule has 0 spiro atoms. The number of nitrogens with one attached hydrogen (secondary N) is 2. The van der Waals surface area contributed by atoms with Crippen LogP contribution in [0, 0.1) is 0 Å². The third-order valence-electron chi connectivity index (χ3n) is 4.49. The zero-order valence-corrected chi connectivity index (χ0v) is 16.6. The van der Waals surface area contributed by atoms with E-state index >= 15 is 0 Å². The second kappa shape index (κ2) is 10.5. The summed E-state index contributed by atoms with van der Waals surface area (Å²) < 4.78 is 15.7. The number of rotatable bonds is 6. The van der Waals surface area contributed by atoms with Crippen LogP contribution in [0.15, 0.2) is 23.2 Å². The Balaban J connectivity index is 1.82. The second-order valence-electron chi connectivity index (χ2n) is 6.22. The zero-order valence-electron chi connectivity index (χ0n) is 16.6. The molecule has 1 aromatic rings. The van der Waals surface area contributed by atoms with Gasteiger partial charge in [-0.05, 0) is 37.5 Å². The summed E-state index contributed by atoms with van der Waals surface area (Å²) in [6.45, 7) is 4.21. The van der Waals surface area contributed by atoms with Gasteiger partial charge in [-0.2, -0.15) is 0 Å². The van der Waals surface area contributed by atoms with Crippen molar-refractivity contribution >= 4 is 12.1 Å². The van der Waals surface area contributed by atoms with Crippen LogP contribution in [0.5, 0.6) is 11.5 Å².